The minimum atomic E-state index is -4.63. The largest absolute Gasteiger partial charge is 0.489 e. The summed E-state index contributed by atoms with van der Waals surface area (Å²) in [7, 11) is 1.44. The Labute approximate surface area is 216 Å². The number of methoxy groups -OCH3 is 1. The standard InChI is InChI=1S/C25H27F3N2O6S/c1-34-12-13-35-20-9-8-17(25(26,27)28)14-19(20)29-22(31)15-36-24(33)18-6-2-3-7-21(18)37-16-23(32)30-10-4-5-11-30/h2-3,6-9,14H,4-5,10-13,15-16H2,1H3,(H,29,31). The maximum atomic E-state index is 13.2. The summed E-state index contributed by atoms with van der Waals surface area (Å²) < 4.78 is 54.8. The molecule has 0 unspecified atom stereocenters. The van der Waals surface area contributed by atoms with E-state index in [4.69, 9.17) is 14.2 Å². The molecule has 2 aromatic rings. The Hall–Kier alpha value is -3.25. The van der Waals surface area contributed by atoms with Crippen molar-refractivity contribution in [1.82, 2.24) is 4.90 Å². The van der Waals surface area contributed by atoms with Gasteiger partial charge in [-0.25, -0.2) is 4.79 Å². The zero-order chi connectivity index (χ0) is 26.8. The van der Waals surface area contributed by atoms with Gasteiger partial charge < -0.3 is 24.4 Å². The molecular formula is C25H27F3N2O6S. The van der Waals surface area contributed by atoms with Crippen molar-refractivity contribution in [1.29, 1.82) is 0 Å². The number of nitrogens with zero attached hydrogens (tertiary/aromatic N) is 1. The van der Waals surface area contributed by atoms with Crippen LogP contribution < -0.4 is 10.1 Å². The van der Waals surface area contributed by atoms with E-state index in [2.05, 4.69) is 5.32 Å². The number of rotatable bonds is 11. The maximum Gasteiger partial charge on any atom is 0.416 e. The number of halogens is 3. The first kappa shape index (κ1) is 28.3. The van der Waals surface area contributed by atoms with Crippen LogP contribution in [0, 0.1) is 0 Å². The molecule has 1 N–H and O–H groups in total. The fourth-order valence-electron chi connectivity index (χ4n) is 3.52. The van der Waals surface area contributed by atoms with Gasteiger partial charge in [-0.15, -0.1) is 11.8 Å². The number of hydrogen-bond acceptors (Lipinski definition) is 7. The first-order chi connectivity index (χ1) is 17.7. The smallest absolute Gasteiger partial charge is 0.416 e. The molecule has 8 nitrogen and oxygen atoms in total. The number of likely N-dealkylation sites (tertiary alicyclic amines) is 1. The molecule has 0 radical (unpaired) electrons. The van der Waals surface area contributed by atoms with E-state index in [1.165, 1.54) is 24.9 Å². The molecule has 1 fully saturated rings. The lowest BCUT2D eigenvalue weighted by Crippen LogP contribution is -2.29. The highest BCUT2D eigenvalue weighted by Gasteiger charge is 2.31. The van der Waals surface area contributed by atoms with Crippen LogP contribution in [0.25, 0.3) is 0 Å². The number of thioether (sulfide) groups is 1. The van der Waals surface area contributed by atoms with Crippen molar-refractivity contribution in [2.45, 2.75) is 23.9 Å². The van der Waals surface area contributed by atoms with Crippen LogP contribution in [-0.4, -0.2) is 68.5 Å². The third-order valence-corrected chi connectivity index (χ3v) is 6.44. The minimum absolute atomic E-state index is 0.00846. The van der Waals surface area contributed by atoms with Gasteiger partial charge in [0.15, 0.2) is 6.61 Å². The summed E-state index contributed by atoms with van der Waals surface area (Å²) in [6.45, 7) is 0.951. The summed E-state index contributed by atoms with van der Waals surface area (Å²) in [5, 5.41) is 2.31. The van der Waals surface area contributed by atoms with Gasteiger partial charge in [0.25, 0.3) is 5.91 Å². The lowest BCUT2D eigenvalue weighted by atomic mass is 10.1. The molecule has 0 atom stereocenters. The number of anilines is 1. The Balaban J connectivity index is 1.61. The number of carbonyl (C=O) groups is 3. The number of benzene rings is 2. The van der Waals surface area contributed by atoms with Gasteiger partial charge in [0.2, 0.25) is 5.91 Å². The molecule has 1 saturated heterocycles. The van der Waals surface area contributed by atoms with Gasteiger partial charge in [0.1, 0.15) is 12.4 Å². The van der Waals surface area contributed by atoms with E-state index < -0.39 is 30.2 Å². The summed E-state index contributed by atoms with van der Waals surface area (Å²) in [5.74, 6) is -1.50. The van der Waals surface area contributed by atoms with Gasteiger partial charge in [-0.2, -0.15) is 13.2 Å². The van der Waals surface area contributed by atoms with E-state index in [9.17, 15) is 27.6 Å². The van der Waals surface area contributed by atoms with Crippen LogP contribution in [0.1, 0.15) is 28.8 Å². The van der Waals surface area contributed by atoms with Crippen molar-refractivity contribution < 1.29 is 41.8 Å². The predicted octanol–water partition coefficient (Wildman–Crippen LogP) is 4.24. The molecule has 0 spiro atoms. The third-order valence-electron chi connectivity index (χ3n) is 5.38. The summed E-state index contributed by atoms with van der Waals surface area (Å²) in [5.41, 5.74) is -1.02. The van der Waals surface area contributed by atoms with Gasteiger partial charge in [-0.05, 0) is 43.2 Å². The van der Waals surface area contributed by atoms with Crippen LogP contribution in [0.5, 0.6) is 5.75 Å². The Morgan fingerprint density at radius 1 is 1.05 bits per heavy atom. The van der Waals surface area contributed by atoms with E-state index in [1.54, 1.807) is 23.1 Å². The Bertz CT molecular complexity index is 1110. The van der Waals surface area contributed by atoms with Gasteiger partial charge in [-0.3, -0.25) is 9.59 Å². The highest BCUT2D eigenvalue weighted by atomic mass is 32.2. The Morgan fingerprint density at radius 3 is 2.49 bits per heavy atom. The molecule has 1 aliphatic rings. The highest BCUT2D eigenvalue weighted by Crippen LogP contribution is 2.35. The molecule has 200 valence electrons. The molecule has 2 amide bonds. The first-order valence-electron chi connectivity index (χ1n) is 11.5. The van der Waals surface area contributed by atoms with Crippen LogP contribution in [-0.2, 0) is 25.2 Å². The Morgan fingerprint density at radius 2 is 1.78 bits per heavy atom. The zero-order valence-electron chi connectivity index (χ0n) is 20.1. The van der Waals surface area contributed by atoms with Crippen LogP contribution in [0.4, 0.5) is 18.9 Å². The quantitative estimate of drug-likeness (QED) is 0.259. The molecule has 0 bridgehead atoms. The van der Waals surface area contributed by atoms with Gasteiger partial charge in [0.05, 0.1) is 29.2 Å². The monoisotopic (exact) mass is 540 g/mol. The van der Waals surface area contributed by atoms with Crippen LogP contribution in [0.3, 0.4) is 0 Å². The molecule has 0 aliphatic carbocycles. The van der Waals surface area contributed by atoms with Crippen molar-refractivity contribution in [2.75, 3.05) is 51.1 Å². The van der Waals surface area contributed by atoms with Crippen molar-refractivity contribution in [2.24, 2.45) is 0 Å². The van der Waals surface area contributed by atoms with Crippen molar-refractivity contribution in [3.63, 3.8) is 0 Å². The van der Waals surface area contributed by atoms with Crippen LogP contribution in [0.15, 0.2) is 47.4 Å². The summed E-state index contributed by atoms with van der Waals surface area (Å²) in [4.78, 5) is 39.7. The molecule has 2 aromatic carbocycles. The fourth-order valence-corrected chi connectivity index (χ4v) is 4.46. The van der Waals surface area contributed by atoms with Gasteiger partial charge in [0, 0.05) is 25.1 Å². The van der Waals surface area contributed by atoms with Crippen molar-refractivity contribution in [3.8, 4) is 5.75 Å². The average molecular weight is 541 g/mol. The number of hydrogen-bond donors (Lipinski definition) is 1. The van der Waals surface area contributed by atoms with E-state index in [0.29, 0.717) is 4.90 Å². The SMILES string of the molecule is COCCOc1ccc(C(F)(F)F)cc1NC(=O)COC(=O)c1ccccc1SCC(=O)N1CCCC1. The molecule has 37 heavy (non-hydrogen) atoms. The number of amides is 2. The summed E-state index contributed by atoms with van der Waals surface area (Å²) in [6, 6.07) is 9.19. The van der Waals surface area contributed by atoms with E-state index >= 15 is 0 Å². The molecule has 0 aromatic heterocycles. The fraction of sp³-hybridized carbons (Fsp3) is 0.400. The van der Waals surface area contributed by atoms with E-state index in [1.807, 2.05) is 0 Å². The lowest BCUT2D eigenvalue weighted by molar-refractivity contribution is -0.137. The number of ether oxygens (including phenoxy) is 3. The van der Waals surface area contributed by atoms with Gasteiger partial charge >= 0.3 is 12.1 Å². The second kappa shape index (κ2) is 13.3. The normalized spacial score (nSPS) is 13.4. The Kier molecular flexibility index (Phi) is 10.2. The average Bonchev–Trinajstić information content (AvgIpc) is 3.41. The second-order valence-electron chi connectivity index (χ2n) is 8.05. The zero-order valence-corrected chi connectivity index (χ0v) is 21.0. The lowest BCUT2D eigenvalue weighted by Gasteiger charge is -2.16. The van der Waals surface area contributed by atoms with Crippen LogP contribution in [0.2, 0.25) is 0 Å². The molecule has 0 saturated carbocycles. The van der Waals surface area contributed by atoms with Crippen molar-refractivity contribution in [3.05, 3.63) is 53.6 Å². The minimum Gasteiger partial charge on any atom is -0.489 e. The molecule has 1 heterocycles. The number of nitrogens with one attached hydrogen (secondary N) is 1. The third kappa shape index (κ3) is 8.39. The second-order valence-corrected chi connectivity index (χ2v) is 9.06. The van der Waals surface area contributed by atoms with Crippen molar-refractivity contribution >= 4 is 35.2 Å². The van der Waals surface area contributed by atoms with Crippen LogP contribution >= 0.6 is 11.8 Å². The maximum absolute atomic E-state index is 13.2. The molecule has 3 rings (SSSR count). The molecule has 12 heteroatoms. The first-order valence-corrected chi connectivity index (χ1v) is 12.5. The molecule has 1 aliphatic heterocycles. The topological polar surface area (TPSA) is 94.2 Å². The number of carbonyl (C=O) groups excluding carboxylic acids is 3. The number of alkyl halides is 3. The number of esters is 1. The summed E-state index contributed by atoms with van der Waals surface area (Å²) >= 11 is 1.20. The van der Waals surface area contributed by atoms with E-state index in [-0.39, 0.29) is 41.9 Å². The molecular weight excluding hydrogens is 513 g/mol. The van der Waals surface area contributed by atoms with Gasteiger partial charge in [-0.1, -0.05) is 12.1 Å². The predicted molar refractivity (Wildman–Crippen MR) is 131 cm³/mol. The highest BCUT2D eigenvalue weighted by molar-refractivity contribution is 8.00. The van der Waals surface area contributed by atoms with E-state index in [0.717, 1.165) is 44.1 Å². The summed E-state index contributed by atoms with van der Waals surface area (Å²) in [6.07, 6.45) is -2.68.